The number of likely N-dealkylation sites (tertiary alicyclic amines) is 1. The molecule has 8 heteroatoms. The maximum atomic E-state index is 13.3. The van der Waals surface area contributed by atoms with Crippen LogP contribution in [0.3, 0.4) is 0 Å². The first kappa shape index (κ1) is 18.2. The number of carbonyl (C=O) groups excluding carboxylic acids is 1. The van der Waals surface area contributed by atoms with Crippen LogP contribution in [0.25, 0.3) is 22.6 Å². The summed E-state index contributed by atoms with van der Waals surface area (Å²) in [6, 6.07) is 11.7. The molecular formula is C23H22N6O2. The van der Waals surface area contributed by atoms with Gasteiger partial charge in [0.05, 0.1) is 17.3 Å². The normalized spacial score (nSPS) is 22.9. The number of fused-ring (bicyclic) bond motifs is 2. The number of pyridine rings is 1. The average Bonchev–Trinajstić information content (AvgIpc) is 3.56. The topological polar surface area (TPSA) is 89.9 Å². The summed E-state index contributed by atoms with van der Waals surface area (Å²) in [7, 11) is 1.89. The van der Waals surface area contributed by atoms with E-state index in [9.17, 15) is 4.79 Å². The lowest BCUT2D eigenvalue weighted by atomic mass is 9.80. The second kappa shape index (κ2) is 6.73. The maximum Gasteiger partial charge on any atom is 0.255 e. The van der Waals surface area contributed by atoms with Crippen LogP contribution < -0.4 is 0 Å². The highest BCUT2D eigenvalue weighted by atomic mass is 16.5. The lowest BCUT2D eigenvalue weighted by Gasteiger charge is -2.24. The summed E-state index contributed by atoms with van der Waals surface area (Å²) in [5, 5.41) is 4.24. The Morgan fingerprint density at radius 2 is 2.10 bits per heavy atom. The molecule has 31 heavy (non-hydrogen) atoms. The highest BCUT2D eigenvalue weighted by Gasteiger charge is 2.55. The summed E-state index contributed by atoms with van der Waals surface area (Å²) >= 11 is 0. The van der Waals surface area contributed by atoms with Gasteiger partial charge >= 0.3 is 0 Å². The fraction of sp³-hybridized carbons (Fsp3) is 0.348. The van der Waals surface area contributed by atoms with Gasteiger partial charge in [-0.3, -0.25) is 4.79 Å². The van der Waals surface area contributed by atoms with Gasteiger partial charge in [-0.15, -0.1) is 0 Å². The summed E-state index contributed by atoms with van der Waals surface area (Å²) in [5.41, 5.74) is 2.73. The zero-order valence-corrected chi connectivity index (χ0v) is 17.2. The molecule has 0 spiro atoms. The molecule has 0 radical (unpaired) electrons. The maximum absolute atomic E-state index is 13.3. The van der Waals surface area contributed by atoms with Gasteiger partial charge in [0, 0.05) is 31.9 Å². The van der Waals surface area contributed by atoms with E-state index in [1.165, 1.54) is 0 Å². The molecule has 8 nitrogen and oxygen atoms in total. The summed E-state index contributed by atoms with van der Waals surface area (Å²) < 4.78 is 7.62. The van der Waals surface area contributed by atoms with Gasteiger partial charge in [-0.1, -0.05) is 41.9 Å². The zero-order valence-electron chi connectivity index (χ0n) is 17.2. The van der Waals surface area contributed by atoms with E-state index >= 15 is 0 Å². The predicted octanol–water partition coefficient (Wildman–Crippen LogP) is 3.21. The van der Waals surface area contributed by atoms with E-state index in [4.69, 9.17) is 9.51 Å². The second-order valence-corrected chi connectivity index (χ2v) is 8.64. The Bertz CT molecular complexity index is 1280. The molecule has 0 bridgehead atoms. The van der Waals surface area contributed by atoms with Crippen molar-refractivity contribution in [2.75, 3.05) is 13.1 Å². The van der Waals surface area contributed by atoms with Gasteiger partial charge in [0.2, 0.25) is 11.7 Å². The molecule has 1 aliphatic carbocycles. The van der Waals surface area contributed by atoms with Crippen molar-refractivity contribution in [3.05, 3.63) is 60.4 Å². The summed E-state index contributed by atoms with van der Waals surface area (Å²) in [5.74, 6) is 1.57. The first-order valence-corrected chi connectivity index (χ1v) is 10.6. The van der Waals surface area contributed by atoms with E-state index in [0.29, 0.717) is 36.3 Å². The number of benzene rings is 1. The van der Waals surface area contributed by atoms with Gasteiger partial charge in [-0.2, -0.15) is 4.98 Å². The molecule has 0 N–H and O–H groups in total. The lowest BCUT2D eigenvalue weighted by molar-refractivity contribution is 0.0774. The molecule has 6 rings (SSSR count). The Kier molecular flexibility index (Phi) is 3.96. The van der Waals surface area contributed by atoms with E-state index in [2.05, 4.69) is 15.1 Å². The molecule has 0 unspecified atom stereocenters. The van der Waals surface area contributed by atoms with Crippen molar-refractivity contribution in [2.24, 2.45) is 13.0 Å². The van der Waals surface area contributed by atoms with Crippen molar-refractivity contribution in [1.29, 1.82) is 0 Å². The van der Waals surface area contributed by atoms with Crippen molar-refractivity contribution >= 4 is 17.1 Å². The van der Waals surface area contributed by atoms with Gasteiger partial charge in [-0.25, -0.2) is 9.97 Å². The van der Waals surface area contributed by atoms with E-state index in [1.54, 1.807) is 12.5 Å². The molecule has 4 heterocycles. The summed E-state index contributed by atoms with van der Waals surface area (Å²) in [6.07, 6.45) is 6.48. The fourth-order valence-corrected chi connectivity index (χ4v) is 5.24. The summed E-state index contributed by atoms with van der Waals surface area (Å²) in [4.78, 5) is 28.8. The van der Waals surface area contributed by atoms with Crippen molar-refractivity contribution < 1.29 is 9.32 Å². The minimum atomic E-state index is -0.266. The number of nitrogens with zero attached hydrogens (tertiary/aromatic N) is 6. The van der Waals surface area contributed by atoms with E-state index < -0.39 is 0 Å². The van der Waals surface area contributed by atoms with Crippen molar-refractivity contribution in [2.45, 2.75) is 24.7 Å². The second-order valence-electron chi connectivity index (χ2n) is 8.64. The minimum Gasteiger partial charge on any atom is -0.338 e. The number of amides is 1. The van der Waals surface area contributed by atoms with E-state index in [1.807, 2.05) is 52.9 Å². The fourth-order valence-electron chi connectivity index (χ4n) is 5.24. The molecule has 2 fully saturated rings. The number of aryl methyl sites for hydroxylation is 1. The Labute approximate surface area is 178 Å². The van der Waals surface area contributed by atoms with Crippen LogP contribution in [-0.2, 0) is 12.5 Å². The molecule has 1 saturated carbocycles. The quantitative estimate of drug-likeness (QED) is 0.511. The van der Waals surface area contributed by atoms with Crippen LogP contribution in [0.1, 0.15) is 35.5 Å². The first-order valence-electron chi connectivity index (χ1n) is 10.6. The molecular weight excluding hydrogens is 392 g/mol. The van der Waals surface area contributed by atoms with E-state index in [0.717, 1.165) is 36.0 Å². The van der Waals surface area contributed by atoms with Crippen LogP contribution >= 0.6 is 0 Å². The number of hydrogen-bond donors (Lipinski definition) is 0. The zero-order chi connectivity index (χ0) is 21.0. The largest absolute Gasteiger partial charge is 0.338 e. The van der Waals surface area contributed by atoms with Crippen LogP contribution in [0.15, 0.2) is 53.4 Å². The summed E-state index contributed by atoms with van der Waals surface area (Å²) in [6.45, 7) is 1.29. The third-order valence-electron chi connectivity index (χ3n) is 6.84. The first-order chi connectivity index (χ1) is 15.1. The minimum absolute atomic E-state index is 0.0170. The van der Waals surface area contributed by atoms with Gasteiger partial charge < -0.3 is 14.0 Å². The number of rotatable bonds is 3. The van der Waals surface area contributed by atoms with Crippen LogP contribution in [-0.4, -0.2) is 48.6 Å². The van der Waals surface area contributed by atoms with Gasteiger partial charge in [0.15, 0.2) is 5.65 Å². The van der Waals surface area contributed by atoms with Crippen LogP contribution in [0.5, 0.6) is 0 Å². The van der Waals surface area contributed by atoms with Gasteiger partial charge in [0.1, 0.15) is 5.52 Å². The molecule has 1 aliphatic heterocycles. The van der Waals surface area contributed by atoms with E-state index in [-0.39, 0.29) is 11.3 Å². The molecule has 3 aromatic heterocycles. The standard InChI is InChI=1S/C23H22N6O2/c1-28-14-25-18-10-16(11-24-20(18)28)21(30)29-12-17-8-5-9-23(17,13-29)22-26-19(27-31-22)15-6-3-2-4-7-15/h2-4,6-7,10-11,14,17H,5,8-9,12-13H2,1H3/t17-,23-/m1/s1. The third kappa shape index (κ3) is 2.78. The Morgan fingerprint density at radius 1 is 1.23 bits per heavy atom. The monoisotopic (exact) mass is 414 g/mol. The number of aromatic nitrogens is 5. The Hall–Kier alpha value is -3.55. The molecule has 1 amide bonds. The molecule has 2 atom stereocenters. The Balaban J connectivity index is 1.30. The highest BCUT2D eigenvalue weighted by molar-refractivity contribution is 5.96. The van der Waals surface area contributed by atoms with Crippen molar-refractivity contribution in [1.82, 2.24) is 29.6 Å². The predicted molar refractivity (Wildman–Crippen MR) is 113 cm³/mol. The number of imidazole rings is 1. The van der Waals surface area contributed by atoms with Gasteiger partial charge in [0.25, 0.3) is 5.91 Å². The smallest absolute Gasteiger partial charge is 0.255 e. The lowest BCUT2D eigenvalue weighted by Crippen LogP contribution is -2.35. The average molecular weight is 414 g/mol. The van der Waals surface area contributed by atoms with Gasteiger partial charge in [-0.05, 0) is 24.8 Å². The molecule has 4 aromatic rings. The van der Waals surface area contributed by atoms with Crippen LogP contribution in [0.2, 0.25) is 0 Å². The number of hydrogen-bond acceptors (Lipinski definition) is 6. The van der Waals surface area contributed by atoms with Crippen LogP contribution in [0, 0.1) is 5.92 Å². The third-order valence-corrected chi connectivity index (χ3v) is 6.84. The molecule has 2 aliphatic rings. The van der Waals surface area contributed by atoms with Crippen molar-refractivity contribution in [3.63, 3.8) is 0 Å². The highest BCUT2D eigenvalue weighted by Crippen LogP contribution is 2.50. The Morgan fingerprint density at radius 3 is 2.97 bits per heavy atom. The van der Waals surface area contributed by atoms with Crippen LogP contribution in [0.4, 0.5) is 0 Å². The molecule has 1 aromatic carbocycles. The van der Waals surface area contributed by atoms with Crippen molar-refractivity contribution in [3.8, 4) is 11.4 Å². The molecule has 1 saturated heterocycles. The number of carbonyl (C=O) groups is 1. The molecule has 156 valence electrons. The SMILES string of the molecule is Cn1cnc2cc(C(=O)N3C[C@H]4CCC[C@@]4(c4nc(-c5ccccc5)no4)C3)cnc21.